The summed E-state index contributed by atoms with van der Waals surface area (Å²) in [7, 11) is 1.48. The molecule has 0 saturated heterocycles. The van der Waals surface area contributed by atoms with Gasteiger partial charge in [-0.2, -0.15) is 0 Å². The fourth-order valence-electron chi connectivity index (χ4n) is 3.20. The summed E-state index contributed by atoms with van der Waals surface area (Å²) in [5.41, 5.74) is 13.0. The zero-order valence-corrected chi connectivity index (χ0v) is 18.5. The van der Waals surface area contributed by atoms with Gasteiger partial charge in [0.15, 0.2) is 0 Å². The topological polar surface area (TPSA) is 155 Å². The van der Waals surface area contributed by atoms with Crippen LogP contribution in [0.4, 0.5) is 0 Å². The van der Waals surface area contributed by atoms with Gasteiger partial charge < -0.3 is 16.2 Å². The zero-order valence-electron chi connectivity index (χ0n) is 18.5. The van der Waals surface area contributed by atoms with Gasteiger partial charge in [-0.3, -0.25) is 24.4 Å². The maximum atomic E-state index is 12.6. The number of nitrogens with zero attached hydrogens (tertiary/aromatic N) is 2. The quantitative estimate of drug-likeness (QED) is 0.146. The number of benzene rings is 2. The Kier molecular flexibility index (Phi) is 7.73. The van der Waals surface area contributed by atoms with Gasteiger partial charge >= 0.3 is 0 Å². The molecule has 0 aliphatic heterocycles. The molecule has 1 heterocycles. The minimum Gasteiger partial charge on any atom is -0.457 e. The number of carbonyl (C=O) groups excluding carboxylic acids is 3. The Labute approximate surface area is 196 Å². The van der Waals surface area contributed by atoms with Gasteiger partial charge in [-0.25, -0.2) is 5.84 Å². The molecule has 0 radical (unpaired) electrons. The Morgan fingerprint density at radius 2 is 1.56 bits per heavy atom. The van der Waals surface area contributed by atoms with Crippen molar-refractivity contribution in [2.45, 2.75) is 6.42 Å². The lowest BCUT2D eigenvalue weighted by molar-refractivity contribution is -0.131. The standard InChI is InChI=1S/C25H25N5O4/c1-30(28)25(33)21(14-17-3-2-12-29-15-17)18-6-10-20(11-7-18)34-19-8-4-16(5-9-19)13-22(23(26)31)24(27)32/h2-12,14-15,22H,13,28H2,1H3,(H2,26,31)(H2,27,32)/b21-14+. The van der Waals surface area contributed by atoms with Crippen LogP contribution >= 0.6 is 0 Å². The van der Waals surface area contributed by atoms with Crippen molar-refractivity contribution in [1.29, 1.82) is 0 Å². The average Bonchev–Trinajstić information content (AvgIpc) is 2.82. The van der Waals surface area contributed by atoms with Crippen molar-refractivity contribution in [3.05, 3.63) is 89.7 Å². The number of amides is 3. The largest absolute Gasteiger partial charge is 0.457 e. The van der Waals surface area contributed by atoms with E-state index in [4.69, 9.17) is 22.0 Å². The molecule has 3 amide bonds. The molecule has 6 N–H and O–H groups in total. The molecule has 0 bridgehead atoms. The highest BCUT2D eigenvalue weighted by atomic mass is 16.5. The molecular weight excluding hydrogens is 434 g/mol. The van der Waals surface area contributed by atoms with Crippen LogP contribution in [0.3, 0.4) is 0 Å². The van der Waals surface area contributed by atoms with E-state index in [9.17, 15) is 14.4 Å². The van der Waals surface area contributed by atoms with Crippen molar-refractivity contribution in [3.8, 4) is 11.5 Å². The summed E-state index contributed by atoms with van der Waals surface area (Å²) in [5.74, 6) is 3.86. The van der Waals surface area contributed by atoms with Crippen molar-refractivity contribution in [2.24, 2.45) is 23.2 Å². The summed E-state index contributed by atoms with van der Waals surface area (Å²) in [6, 6.07) is 17.5. The molecule has 2 aromatic carbocycles. The fourth-order valence-corrected chi connectivity index (χ4v) is 3.20. The number of hydrazine groups is 1. The first kappa shape index (κ1) is 24.1. The van der Waals surface area contributed by atoms with Crippen molar-refractivity contribution >= 4 is 29.4 Å². The van der Waals surface area contributed by atoms with E-state index in [-0.39, 0.29) is 12.3 Å². The molecule has 9 nitrogen and oxygen atoms in total. The van der Waals surface area contributed by atoms with Crippen LogP contribution in [0.25, 0.3) is 11.6 Å². The molecule has 174 valence electrons. The summed E-state index contributed by atoms with van der Waals surface area (Å²) in [6.45, 7) is 0. The minimum atomic E-state index is -1.07. The summed E-state index contributed by atoms with van der Waals surface area (Å²) >= 11 is 0. The van der Waals surface area contributed by atoms with Crippen molar-refractivity contribution in [1.82, 2.24) is 9.99 Å². The molecule has 34 heavy (non-hydrogen) atoms. The van der Waals surface area contributed by atoms with Crippen LogP contribution in [-0.2, 0) is 20.8 Å². The van der Waals surface area contributed by atoms with Crippen molar-refractivity contribution < 1.29 is 19.1 Å². The number of likely N-dealkylation sites (N-methyl/N-ethyl adjacent to an activating group) is 1. The summed E-state index contributed by atoms with van der Waals surface area (Å²) < 4.78 is 5.86. The second-order valence-corrected chi connectivity index (χ2v) is 7.59. The SMILES string of the molecule is CN(N)C(=O)/C(=C/c1cccnc1)c1ccc(Oc2ccc(CC(C(N)=O)C(N)=O)cc2)cc1. The number of rotatable bonds is 9. The number of pyridine rings is 1. The maximum absolute atomic E-state index is 12.6. The van der Waals surface area contributed by atoms with Gasteiger partial charge in [0.2, 0.25) is 11.8 Å². The first-order valence-electron chi connectivity index (χ1n) is 10.3. The molecule has 3 aromatic rings. The molecule has 0 fully saturated rings. The number of aromatic nitrogens is 1. The van der Waals surface area contributed by atoms with E-state index < -0.39 is 17.7 Å². The van der Waals surface area contributed by atoms with Gasteiger partial charge in [-0.15, -0.1) is 0 Å². The van der Waals surface area contributed by atoms with E-state index in [2.05, 4.69) is 4.98 Å². The molecule has 0 aliphatic carbocycles. The molecule has 0 atom stereocenters. The Bertz CT molecular complexity index is 1180. The maximum Gasteiger partial charge on any atom is 0.268 e. The first-order chi connectivity index (χ1) is 16.2. The van der Waals surface area contributed by atoms with E-state index >= 15 is 0 Å². The third-order valence-electron chi connectivity index (χ3n) is 5.00. The van der Waals surface area contributed by atoms with E-state index in [1.807, 2.05) is 6.07 Å². The lowest BCUT2D eigenvalue weighted by Gasteiger charge is -2.14. The predicted molar refractivity (Wildman–Crippen MR) is 128 cm³/mol. The van der Waals surface area contributed by atoms with E-state index in [1.54, 1.807) is 73.1 Å². The zero-order chi connectivity index (χ0) is 24.7. The number of ether oxygens (including phenoxy) is 1. The normalized spacial score (nSPS) is 11.2. The van der Waals surface area contributed by atoms with Gasteiger partial charge in [0.05, 0.1) is 0 Å². The van der Waals surface area contributed by atoms with Gasteiger partial charge in [-0.1, -0.05) is 30.3 Å². The van der Waals surface area contributed by atoms with Crippen LogP contribution in [0.5, 0.6) is 11.5 Å². The van der Waals surface area contributed by atoms with E-state index in [0.29, 0.717) is 22.6 Å². The van der Waals surface area contributed by atoms with Gasteiger partial charge in [0.25, 0.3) is 5.91 Å². The van der Waals surface area contributed by atoms with Gasteiger partial charge in [0, 0.05) is 25.0 Å². The van der Waals surface area contributed by atoms with Crippen molar-refractivity contribution in [2.75, 3.05) is 7.05 Å². The Morgan fingerprint density at radius 3 is 2.06 bits per heavy atom. The third kappa shape index (κ3) is 6.27. The summed E-state index contributed by atoms with van der Waals surface area (Å²) in [4.78, 5) is 39.4. The average molecular weight is 460 g/mol. The monoisotopic (exact) mass is 459 g/mol. The van der Waals surface area contributed by atoms with Gasteiger partial charge in [-0.05, 0) is 59.5 Å². The number of primary amides is 2. The smallest absolute Gasteiger partial charge is 0.268 e. The lowest BCUT2D eigenvalue weighted by atomic mass is 9.98. The molecule has 0 saturated carbocycles. The van der Waals surface area contributed by atoms with Crippen LogP contribution < -0.4 is 22.0 Å². The molecule has 0 aliphatic rings. The van der Waals surface area contributed by atoms with Crippen LogP contribution in [-0.4, -0.2) is 34.8 Å². The number of hydrogen-bond acceptors (Lipinski definition) is 6. The molecule has 1 aromatic heterocycles. The molecule has 0 unspecified atom stereocenters. The third-order valence-corrected chi connectivity index (χ3v) is 5.00. The van der Waals surface area contributed by atoms with Crippen LogP contribution in [0.15, 0.2) is 73.1 Å². The second-order valence-electron chi connectivity index (χ2n) is 7.59. The highest BCUT2D eigenvalue weighted by Crippen LogP contribution is 2.26. The lowest BCUT2D eigenvalue weighted by Crippen LogP contribution is -2.36. The van der Waals surface area contributed by atoms with Crippen LogP contribution in [0.1, 0.15) is 16.7 Å². The summed E-state index contributed by atoms with van der Waals surface area (Å²) in [6.07, 6.45) is 5.15. The van der Waals surface area contributed by atoms with Crippen molar-refractivity contribution in [3.63, 3.8) is 0 Å². The number of nitrogens with two attached hydrogens (primary N) is 3. The molecule has 3 rings (SSSR count). The Balaban J connectivity index is 1.75. The summed E-state index contributed by atoms with van der Waals surface area (Å²) in [5, 5.41) is 1.02. The van der Waals surface area contributed by atoms with Gasteiger partial charge in [0.1, 0.15) is 17.4 Å². The molecule has 9 heteroatoms. The van der Waals surface area contributed by atoms with Crippen LogP contribution in [0.2, 0.25) is 0 Å². The Hall–Kier alpha value is -4.50. The van der Waals surface area contributed by atoms with Crippen LogP contribution in [0, 0.1) is 5.92 Å². The predicted octanol–water partition coefficient (Wildman–Crippen LogP) is 1.88. The highest BCUT2D eigenvalue weighted by molar-refractivity contribution is 6.23. The minimum absolute atomic E-state index is 0.120. The first-order valence-corrected chi connectivity index (χ1v) is 10.3. The highest BCUT2D eigenvalue weighted by Gasteiger charge is 2.22. The second kappa shape index (κ2) is 10.9. The molecule has 0 spiro atoms. The number of carbonyl (C=O) groups is 3. The molecular formula is C25H25N5O4. The fraction of sp³-hybridized carbons (Fsp3) is 0.120. The van der Waals surface area contributed by atoms with E-state index in [0.717, 1.165) is 16.1 Å². The number of hydrogen-bond donors (Lipinski definition) is 3. The van der Waals surface area contributed by atoms with E-state index in [1.165, 1.54) is 7.05 Å². The Morgan fingerprint density at radius 1 is 0.971 bits per heavy atom.